The van der Waals surface area contributed by atoms with Gasteiger partial charge < -0.3 is 15.0 Å². The van der Waals surface area contributed by atoms with Crippen molar-refractivity contribution in [2.45, 2.75) is 45.9 Å². The fourth-order valence-electron chi connectivity index (χ4n) is 3.40. The molecule has 1 amide bonds. The normalized spacial score (nSPS) is 11.0. The number of nitrogens with one attached hydrogen (secondary N) is 1. The predicted octanol–water partition coefficient (Wildman–Crippen LogP) is 3.65. The standard InChI is InChI=1S/C25H29ClFN5O4/c1-16(2)36-21-12-11-19(14-20(21)27)28-23-29-24(34)31(13-5-6-22(33)30(3)4)25(35)32(23)15-17-7-9-18(26)10-8-17/h7-12,14,16H,5-6,13,15H2,1-4H3,(H,28,29,34). The molecule has 11 heteroatoms. The zero-order valence-corrected chi connectivity index (χ0v) is 21.4. The molecule has 1 N–H and O–H groups in total. The van der Waals surface area contributed by atoms with Crippen molar-refractivity contribution in [3.8, 4) is 5.75 Å². The van der Waals surface area contributed by atoms with Crippen molar-refractivity contribution in [2.75, 3.05) is 19.4 Å². The Balaban J connectivity index is 1.97. The van der Waals surface area contributed by atoms with E-state index in [1.807, 2.05) is 0 Å². The maximum Gasteiger partial charge on any atom is 0.354 e. The number of carbonyl (C=O) groups excluding carboxylic acids is 1. The third-order valence-corrected chi connectivity index (χ3v) is 5.48. The van der Waals surface area contributed by atoms with E-state index < -0.39 is 17.2 Å². The summed E-state index contributed by atoms with van der Waals surface area (Å²) in [5.74, 6) is -0.663. The van der Waals surface area contributed by atoms with Crippen LogP contribution in [0.1, 0.15) is 32.3 Å². The third-order valence-electron chi connectivity index (χ3n) is 5.23. The Morgan fingerprint density at radius 1 is 1.14 bits per heavy atom. The minimum atomic E-state index is -0.771. The topological polar surface area (TPSA) is 98.5 Å². The summed E-state index contributed by atoms with van der Waals surface area (Å²) in [6.45, 7) is 3.69. The molecule has 1 aromatic heterocycles. The van der Waals surface area contributed by atoms with Crippen molar-refractivity contribution in [1.29, 1.82) is 0 Å². The molecule has 0 radical (unpaired) electrons. The molecule has 3 aromatic rings. The van der Waals surface area contributed by atoms with Crippen LogP contribution in [-0.4, -0.2) is 45.1 Å². The molecule has 36 heavy (non-hydrogen) atoms. The first-order chi connectivity index (χ1) is 17.0. The van der Waals surface area contributed by atoms with Gasteiger partial charge in [0, 0.05) is 43.8 Å². The molecule has 0 aliphatic rings. The zero-order valence-electron chi connectivity index (χ0n) is 20.6. The van der Waals surface area contributed by atoms with Crippen LogP contribution in [0, 0.1) is 5.82 Å². The van der Waals surface area contributed by atoms with Gasteiger partial charge in [-0.05, 0) is 50.1 Å². The van der Waals surface area contributed by atoms with Crippen LogP contribution in [0.15, 0.2) is 52.1 Å². The van der Waals surface area contributed by atoms with E-state index in [1.165, 1.54) is 21.6 Å². The summed E-state index contributed by atoms with van der Waals surface area (Å²) in [7, 11) is 3.28. The summed E-state index contributed by atoms with van der Waals surface area (Å²) < 4.78 is 22.2. The SMILES string of the molecule is CC(C)Oc1ccc(Nc2nc(=O)n(CCCC(=O)N(C)C)c(=O)n2Cc2ccc(Cl)cc2)cc1F. The van der Waals surface area contributed by atoms with Gasteiger partial charge in [0.05, 0.1) is 12.6 Å². The van der Waals surface area contributed by atoms with Gasteiger partial charge in [0.25, 0.3) is 0 Å². The summed E-state index contributed by atoms with van der Waals surface area (Å²) in [5, 5.41) is 3.42. The molecule has 9 nitrogen and oxygen atoms in total. The predicted molar refractivity (Wildman–Crippen MR) is 137 cm³/mol. The maximum absolute atomic E-state index is 14.5. The number of hydrogen-bond acceptors (Lipinski definition) is 6. The van der Waals surface area contributed by atoms with Crippen LogP contribution in [0.4, 0.5) is 16.0 Å². The monoisotopic (exact) mass is 517 g/mol. The van der Waals surface area contributed by atoms with Crippen molar-refractivity contribution in [2.24, 2.45) is 0 Å². The number of halogens is 2. The molecular formula is C25H29ClFN5O4. The summed E-state index contributed by atoms with van der Waals surface area (Å²) >= 11 is 5.98. The van der Waals surface area contributed by atoms with E-state index in [9.17, 15) is 18.8 Å². The highest BCUT2D eigenvalue weighted by molar-refractivity contribution is 6.30. The van der Waals surface area contributed by atoms with Crippen molar-refractivity contribution in [1.82, 2.24) is 19.0 Å². The number of rotatable bonds is 10. The minimum absolute atomic E-state index is 0.0288. The number of benzene rings is 2. The number of ether oxygens (including phenoxy) is 1. The number of aromatic nitrogens is 3. The number of nitrogens with zero attached hydrogens (tertiary/aromatic N) is 4. The second-order valence-electron chi connectivity index (χ2n) is 8.69. The van der Waals surface area contributed by atoms with E-state index in [4.69, 9.17) is 16.3 Å². The van der Waals surface area contributed by atoms with Gasteiger partial charge >= 0.3 is 11.4 Å². The fourth-order valence-corrected chi connectivity index (χ4v) is 3.53. The Kier molecular flexibility index (Phi) is 8.87. The minimum Gasteiger partial charge on any atom is -0.488 e. The lowest BCUT2D eigenvalue weighted by Crippen LogP contribution is -2.43. The highest BCUT2D eigenvalue weighted by Crippen LogP contribution is 2.24. The molecule has 0 aliphatic carbocycles. The van der Waals surface area contributed by atoms with Crippen molar-refractivity contribution in [3.05, 3.63) is 79.8 Å². The highest BCUT2D eigenvalue weighted by atomic mass is 35.5. The molecule has 0 fully saturated rings. The average molecular weight is 518 g/mol. The van der Waals surface area contributed by atoms with Crippen LogP contribution in [0.3, 0.4) is 0 Å². The first-order valence-electron chi connectivity index (χ1n) is 11.4. The Morgan fingerprint density at radius 2 is 1.83 bits per heavy atom. The van der Waals surface area contributed by atoms with Gasteiger partial charge in [0.1, 0.15) is 0 Å². The molecule has 0 unspecified atom stereocenters. The van der Waals surface area contributed by atoms with Crippen molar-refractivity contribution in [3.63, 3.8) is 0 Å². The molecule has 3 rings (SSSR count). The first kappa shape index (κ1) is 26.9. The molecule has 1 heterocycles. The molecule has 0 aliphatic heterocycles. The van der Waals surface area contributed by atoms with Gasteiger partial charge in [-0.2, -0.15) is 4.98 Å². The lowest BCUT2D eigenvalue weighted by atomic mass is 10.2. The van der Waals surface area contributed by atoms with Crippen LogP contribution < -0.4 is 21.4 Å². The number of carbonyl (C=O) groups is 1. The summed E-state index contributed by atoms with van der Waals surface area (Å²) in [5.41, 5.74) is -0.349. The van der Waals surface area contributed by atoms with Gasteiger partial charge in [-0.15, -0.1) is 0 Å². The van der Waals surface area contributed by atoms with Crippen molar-refractivity contribution < 1.29 is 13.9 Å². The molecule has 192 valence electrons. The molecule has 0 bridgehead atoms. The Morgan fingerprint density at radius 3 is 2.44 bits per heavy atom. The fraction of sp³-hybridized carbons (Fsp3) is 0.360. The van der Waals surface area contributed by atoms with Gasteiger partial charge in [-0.25, -0.2) is 18.5 Å². The largest absolute Gasteiger partial charge is 0.488 e. The van der Waals surface area contributed by atoms with Crippen LogP contribution in [0.25, 0.3) is 0 Å². The number of anilines is 2. The van der Waals surface area contributed by atoms with Gasteiger partial charge in [0.15, 0.2) is 11.6 Å². The smallest absolute Gasteiger partial charge is 0.354 e. The molecule has 0 saturated carbocycles. The third kappa shape index (κ3) is 6.94. The molecular weight excluding hydrogens is 489 g/mol. The zero-order chi connectivity index (χ0) is 26.4. The van der Waals surface area contributed by atoms with Gasteiger partial charge in [0.2, 0.25) is 11.9 Å². The van der Waals surface area contributed by atoms with E-state index in [-0.39, 0.29) is 48.9 Å². The summed E-state index contributed by atoms with van der Waals surface area (Å²) in [6, 6.07) is 11.1. The molecule has 2 aromatic carbocycles. The van der Waals surface area contributed by atoms with Gasteiger partial charge in [-0.1, -0.05) is 23.7 Å². The van der Waals surface area contributed by atoms with Crippen LogP contribution in [0.5, 0.6) is 5.75 Å². The Labute approximate surface area is 213 Å². The quantitative estimate of drug-likeness (QED) is 0.441. The summed E-state index contributed by atoms with van der Waals surface area (Å²) in [4.78, 5) is 43.5. The molecule has 0 atom stereocenters. The molecule has 0 spiro atoms. The second kappa shape index (κ2) is 11.9. The Bertz CT molecular complexity index is 1340. The number of amides is 1. The maximum atomic E-state index is 14.5. The molecule has 0 saturated heterocycles. The van der Waals surface area contributed by atoms with Crippen LogP contribution >= 0.6 is 11.6 Å². The van der Waals surface area contributed by atoms with Crippen molar-refractivity contribution >= 4 is 29.1 Å². The Hall–Kier alpha value is -3.66. The van der Waals surface area contributed by atoms with E-state index in [0.29, 0.717) is 11.4 Å². The summed E-state index contributed by atoms with van der Waals surface area (Å²) in [6.07, 6.45) is 0.273. The lowest BCUT2D eigenvalue weighted by Gasteiger charge is -2.17. The van der Waals surface area contributed by atoms with Crippen LogP contribution in [0.2, 0.25) is 5.02 Å². The van der Waals surface area contributed by atoms with Gasteiger partial charge in [-0.3, -0.25) is 9.36 Å². The lowest BCUT2D eigenvalue weighted by molar-refractivity contribution is -0.128. The number of hydrogen-bond donors (Lipinski definition) is 1. The average Bonchev–Trinajstić information content (AvgIpc) is 2.81. The first-order valence-corrected chi connectivity index (χ1v) is 11.8. The van der Waals surface area contributed by atoms with E-state index in [2.05, 4.69) is 10.3 Å². The van der Waals surface area contributed by atoms with E-state index in [1.54, 1.807) is 58.3 Å². The van der Waals surface area contributed by atoms with Crippen LogP contribution in [-0.2, 0) is 17.9 Å². The highest BCUT2D eigenvalue weighted by Gasteiger charge is 2.16. The van der Waals surface area contributed by atoms with E-state index in [0.717, 1.165) is 10.1 Å². The van der Waals surface area contributed by atoms with E-state index >= 15 is 0 Å². The second-order valence-corrected chi connectivity index (χ2v) is 9.13.